The molecule has 2 rings (SSSR count). The smallest absolute Gasteiger partial charge is 0.117 e. The maximum atomic E-state index is 9.95. The lowest BCUT2D eigenvalue weighted by atomic mass is 9.85. The van der Waals surface area contributed by atoms with Crippen molar-refractivity contribution in [3.8, 4) is 0 Å². The lowest BCUT2D eigenvalue weighted by Crippen LogP contribution is -2.34. The van der Waals surface area contributed by atoms with E-state index in [1.165, 1.54) is 25.7 Å². The Kier molecular flexibility index (Phi) is 6.57. The lowest BCUT2D eigenvalue weighted by Gasteiger charge is -2.31. The Morgan fingerprint density at radius 1 is 1.45 bits per heavy atom. The SMILES string of the molecule is CCC1CCCCC1OCC(O)CNCc1ccco1. The molecule has 4 nitrogen and oxygen atoms in total. The van der Waals surface area contributed by atoms with Crippen molar-refractivity contribution in [3.05, 3.63) is 24.2 Å². The number of nitrogens with one attached hydrogen (secondary N) is 1. The first kappa shape index (κ1) is 15.5. The minimum absolute atomic E-state index is 0.341. The van der Waals surface area contributed by atoms with Gasteiger partial charge in [-0.05, 0) is 30.9 Å². The van der Waals surface area contributed by atoms with E-state index in [2.05, 4.69) is 12.2 Å². The fourth-order valence-electron chi connectivity index (χ4n) is 2.93. The first-order chi connectivity index (χ1) is 9.79. The molecule has 4 heteroatoms. The molecule has 1 heterocycles. The summed E-state index contributed by atoms with van der Waals surface area (Å²) in [6.07, 6.45) is 7.72. The summed E-state index contributed by atoms with van der Waals surface area (Å²) >= 11 is 0. The van der Waals surface area contributed by atoms with Crippen molar-refractivity contribution in [3.63, 3.8) is 0 Å². The Morgan fingerprint density at radius 2 is 2.30 bits per heavy atom. The van der Waals surface area contributed by atoms with Gasteiger partial charge in [0.1, 0.15) is 5.76 Å². The Bertz CT molecular complexity index is 353. The molecule has 3 atom stereocenters. The van der Waals surface area contributed by atoms with Crippen LogP contribution in [0.5, 0.6) is 0 Å². The third kappa shape index (κ3) is 4.93. The molecule has 1 aliphatic rings. The summed E-state index contributed by atoms with van der Waals surface area (Å²) in [7, 11) is 0. The van der Waals surface area contributed by atoms with Crippen molar-refractivity contribution in [1.82, 2.24) is 5.32 Å². The van der Waals surface area contributed by atoms with E-state index in [9.17, 15) is 5.11 Å². The largest absolute Gasteiger partial charge is 0.468 e. The quantitative estimate of drug-likeness (QED) is 0.769. The van der Waals surface area contributed by atoms with Gasteiger partial charge < -0.3 is 19.6 Å². The van der Waals surface area contributed by atoms with Crippen molar-refractivity contribution < 1.29 is 14.3 Å². The molecular weight excluding hydrogens is 254 g/mol. The average Bonchev–Trinajstić information content (AvgIpc) is 2.98. The molecule has 114 valence electrons. The van der Waals surface area contributed by atoms with E-state index in [4.69, 9.17) is 9.15 Å². The molecule has 1 fully saturated rings. The van der Waals surface area contributed by atoms with Crippen LogP contribution in [0.15, 0.2) is 22.8 Å². The number of ether oxygens (including phenoxy) is 1. The van der Waals surface area contributed by atoms with Crippen LogP contribution in [0, 0.1) is 5.92 Å². The van der Waals surface area contributed by atoms with Crippen molar-refractivity contribution in [1.29, 1.82) is 0 Å². The van der Waals surface area contributed by atoms with Gasteiger partial charge in [0.2, 0.25) is 0 Å². The zero-order valence-electron chi connectivity index (χ0n) is 12.4. The molecule has 2 N–H and O–H groups in total. The van der Waals surface area contributed by atoms with Crippen LogP contribution in [-0.4, -0.2) is 30.5 Å². The number of furan rings is 1. The molecule has 0 spiro atoms. The molecule has 0 amide bonds. The van der Waals surface area contributed by atoms with Crippen molar-refractivity contribution in [2.24, 2.45) is 5.92 Å². The molecule has 0 aromatic carbocycles. The highest BCUT2D eigenvalue weighted by molar-refractivity contribution is 4.97. The Morgan fingerprint density at radius 3 is 3.05 bits per heavy atom. The zero-order chi connectivity index (χ0) is 14.2. The predicted octanol–water partition coefficient (Wildman–Crippen LogP) is 2.72. The monoisotopic (exact) mass is 281 g/mol. The normalized spacial score (nSPS) is 24.7. The fraction of sp³-hybridized carbons (Fsp3) is 0.750. The summed E-state index contributed by atoms with van der Waals surface area (Å²) in [5, 5.41) is 13.1. The molecule has 0 radical (unpaired) electrons. The predicted molar refractivity (Wildman–Crippen MR) is 78.4 cm³/mol. The second-order valence-corrected chi connectivity index (χ2v) is 5.69. The van der Waals surface area contributed by atoms with Gasteiger partial charge in [-0.2, -0.15) is 0 Å². The third-order valence-electron chi connectivity index (χ3n) is 4.13. The van der Waals surface area contributed by atoms with Crippen molar-refractivity contribution in [2.75, 3.05) is 13.2 Å². The molecule has 3 unspecified atom stereocenters. The first-order valence-corrected chi connectivity index (χ1v) is 7.82. The summed E-state index contributed by atoms with van der Waals surface area (Å²) in [6.45, 7) is 3.83. The van der Waals surface area contributed by atoms with Crippen molar-refractivity contribution >= 4 is 0 Å². The van der Waals surface area contributed by atoms with Gasteiger partial charge in [0.25, 0.3) is 0 Å². The van der Waals surface area contributed by atoms with E-state index in [-0.39, 0.29) is 0 Å². The van der Waals surface area contributed by atoms with Gasteiger partial charge in [-0.25, -0.2) is 0 Å². The minimum Gasteiger partial charge on any atom is -0.468 e. The van der Waals surface area contributed by atoms with Crippen LogP contribution in [0.2, 0.25) is 0 Å². The van der Waals surface area contributed by atoms with E-state index >= 15 is 0 Å². The van der Waals surface area contributed by atoms with E-state index < -0.39 is 6.10 Å². The van der Waals surface area contributed by atoms with E-state index in [0.717, 1.165) is 12.2 Å². The molecule has 0 saturated heterocycles. The molecule has 1 saturated carbocycles. The number of aliphatic hydroxyl groups is 1. The van der Waals surface area contributed by atoms with Gasteiger partial charge in [0.05, 0.1) is 31.6 Å². The van der Waals surface area contributed by atoms with Gasteiger partial charge >= 0.3 is 0 Å². The highest BCUT2D eigenvalue weighted by Gasteiger charge is 2.24. The summed E-state index contributed by atoms with van der Waals surface area (Å²) in [5.41, 5.74) is 0. The molecule has 1 aliphatic carbocycles. The van der Waals surface area contributed by atoms with Crippen LogP contribution < -0.4 is 5.32 Å². The third-order valence-corrected chi connectivity index (χ3v) is 4.13. The zero-order valence-corrected chi connectivity index (χ0v) is 12.4. The Hall–Kier alpha value is -0.840. The number of aliphatic hydroxyl groups excluding tert-OH is 1. The summed E-state index contributed by atoms with van der Waals surface area (Å²) < 4.78 is 11.1. The second kappa shape index (κ2) is 8.45. The van der Waals surface area contributed by atoms with Crippen LogP contribution >= 0.6 is 0 Å². The standard InChI is InChI=1S/C16H27NO3/c1-2-13-6-3-4-8-16(13)20-12-14(18)10-17-11-15-7-5-9-19-15/h5,7,9,13-14,16-18H,2-4,6,8,10-12H2,1H3. The highest BCUT2D eigenvalue weighted by atomic mass is 16.5. The van der Waals surface area contributed by atoms with Crippen LogP contribution in [0.1, 0.15) is 44.8 Å². The van der Waals surface area contributed by atoms with Crippen LogP contribution in [0.4, 0.5) is 0 Å². The molecule has 0 bridgehead atoms. The molecular formula is C16H27NO3. The van der Waals surface area contributed by atoms with Gasteiger partial charge in [-0.1, -0.05) is 26.2 Å². The number of hydrogen-bond acceptors (Lipinski definition) is 4. The van der Waals surface area contributed by atoms with E-state index in [1.807, 2.05) is 12.1 Å². The lowest BCUT2D eigenvalue weighted by molar-refractivity contribution is -0.0500. The Balaban J connectivity index is 1.60. The van der Waals surface area contributed by atoms with Crippen LogP contribution in [0.25, 0.3) is 0 Å². The van der Waals surface area contributed by atoms with Crippen LogP contribution in [0.3, 0.4) is 0 Å². The summed E-state index contributed by atoms with van der Waals surface area (Å²) in [5.74, 6) is 1.56. The van der Waals surface area contributed by atoms with Crippen molar-refractivity contribution in [2.45, 2.75) is 57.8 Å². The first-order valence-electron chi connectivity index (χ1n) is 7.82. The topological polar surface area (TPSA) is 54.6 Å². The van der Waals surface area contributed by atoms with Gasteiger partial charge in [0.15, 0.2) is 0 Å². The average molecular weight is 281 g/mol. The van der Waals surface area contributed by atoms with Crippen LogP contribution in [-0.2, 0) is 11.3 Å². The summed E-state index contributed by atoms with van der Waals surface area (Å²) in [4.78, 5) is 0. The molecule has 0 aliphatic heterocycles. The maximum Gasteiger partial charge on any atom is 0.117 e. The Labute approximate surface area is 121 Å². The van der Waals surface area contributed by atoms with Gasteiger partial charge in [-0.15, -0.1) is 0 Å². The van der Waals surface area contributed by atoms with Gasteiger partial charge in [-0.3, -0.25) is 0 Å². The summed E-state index contributed by atoms with van der Waals surface area (Å²) in [6, 6.07) is 3.79. The highest BCUT2D eigenvalue weighted by Crippen LogP contribution is 2.29. The molecule has 1 aromatic rings. The number of hydrogen-bond donors (Lipinski definition) is 2. The van der Waals surface area contributed by atoms with E-state index in [1.54, 1.807) is 6.26 Å². The second-order valence-electron chi connectivity index (χ2n) is 5.69. The number of rotatable bonds is 8. The van der Waals surface area contributed by atoms with Gasteiger partial charge in [0, 0.05) is 6.54 Å². The minimum atomic E-state index is -0.454. The fourth-order valence-corrected chi connectivity index (χ4v) is 2.93. The maximum absolute atomic E-state index is 9.95. The van der Waals surface area contributed by atoms with E-state index in [0.29, 0.717) is 31.7 Å². The molecule has 1 aromatic heterocycles. The molecule has 20 heavy (non-hydrogen) atoms.